The summed E-state index contributed by atoms with van der Waals surface area (Å²) in [6.07, 6.45) is 3.34. The van der Waals surface area contributed by atoms with Crippen molar-refractivity contribution in [2.45, 2.75) is 6.92 Å². The Hall–Kier alpha value is -1.41. The predicted octanol–water partition coefficient (Wildman–Crippen LogP) is 3.61. The largest absolute Gasteiger partial charge is 0.506 e. The van der Waals surface area contributed by atoms with Crippen molar-refractivity contribution in [2.75, 3.05) is 0 Å². The van der Waals surface area contributed by atoms with E-state index in [2.05, 4.69) is 0 Å². The minimum absolute atomic E-state index is 0.0940. The van der Waals surface area contributed by atoms with Crippen LogP contribution < -0.4 is 0 Å². The number of phenolic OH excluding ortho intramolecular Hbond substituents is 1. The second kappa shape index (κ2) is 3.39. The van der Waals surface area contributed by atoms with E-state index in [9.17, 15) is 5.11 Å². The number of aryl methyl sites for hydroxylation is 1. The van der Waals surface area contributed by atoms with Crippen molar-refractivity contribution < 1.29 is 9.52 Å². The number of furan rings is 1. The lowest BCUT2D eigenvalue weighted by Gasteiger charge is -2.01. The molecule has 0 fully saturated rings. The molecule has 0 radical (unpaired) electrons. The molecule has 72 valence electrons. The van der Waals surface area contributed by atoms with Gasteiger partial charge in [-0.2, -0.15) is 0 Å². The highest BCUT2D eigenvalue weighted by Crippen LogP contribution is 2.31. The van der Waals surface area contributed by atoms with Crippen LogP contribution in [-0.4, -0.2) is 5.11 Å². The Bertz CT molecular complexity index is 460. The van der Waals surface area contributed by atoms with Crippen molar-refractivity contribution in [3.05, 3.63) is 41.3 Å². The van der Waals surface area contributed by atoms with Crippen LogP contribution in [0.1, 0.15) is 5.56 Å². The summed E-state index contributed by atoms with van der Waals surface area (Å²) in [5, 5.41) is 9.61. The number of hydrogen-bond donors (Lipinski definition) is 1. The minimum atomic E-state index is 0.0940. The zero-order valence-electron chi connectivity index (χ0n) is 7.62. The first-order chi connectivity index (χ1) is 6.68. The molecule has 1 N–H and O–H groups in total. The summed E-state index contributed by atoms with van der Waals surface area (Å²) in [5.74, 6) is 0.0940. The first-order valence-corrected chi connectivity index (χ1v) is 4.58. The Kier molecular flexibility index (Phi) is 2.22. The van der Waals surface area contributed by atoms with Crippen molar-refractivity contribution in [1.29, 1.82) is 0 Å². The van der Waals surface area contributed by atoms with E-state index in [0.717, 1.165) is 16.7 Å². The molecule has 0 spiro atoms. The molecular formula is C11H9ClO2. The topological polar surface area (TPSA) is 33.4 Å². The number of aromatic hydroxyl groups is 1. The molecule has 0 bridgehead atoms. The van der Waals surface area contributed by atoms with Crippen LogP contribution in [-0.2, 0) is 0 Å². The second-order valence-corrected chi connectivity index (χ2v) is 3.54. The summed E-state index contributed by atoms with van der Waals surface area (Å²) in [6, 6.07) is 5.10. The van der Waals surface area contributed by atoms with E-state index >= 15 is 0 Å². The van der Waals surface area contributed by atoms with Gasteiger partial charge in [0.15, 0.2) is 0 Å². The van der Waals surface area contributed by atoms with Gasteiger partial charge in [0, 0.05) is 5.56 Å². The molecule has 0 unspecified atom stereocenters. The molecule has 0 aliphatic heterocycles. The zero-order valence-corrected chi connectivity index (χ0v) is 8.38. The van der Waals surface area contributed by atoms with E-state index in [4.69, 9.17) is 16.0 Å². The summed E-state index contributed by atoms with van der Waals surface area (Å²) >= 11 is 5.80. The highest BCUT2D eigenvalue weighted by molar-refractivity contribution is 6.32. The van der Waals surface area contributed by atoms with Gasteiger partial charge in [0.2, 0.25) is 0 Å². The van der Waals surface area contributed by atoms with Crippen molar-refractivity contribution in [2.24, 2.45) is 0 Å². The van der Waals surface area contributed by atoms with Gasteiger partial charge in [-0.3, -0.25) is 0 Å². The molecule has 0 aliphatic carbocycles. The summed E-state index contributed by atoms with van der Waals surface area (Å²) < 4.78 is 5.06. The van der Waals surface area contributed by atoms with E-state index in [0.29, 0.717) is 5.02 Å². The van der Waals surface area contributed by atoms with Gasteiger partial charge in [-0.05, 0) is 30.2 Å². The Morgan fingerprint density at radius 3 is 2.64 bits per heavy atom. The van der Waals surface area contributed by atoms with E-state index < -0.39 is 0 Å². The van der Waals surface area contributed by atoms with Crippen LogP contribution in [0.25, 0.3) is 11.1 Å². The highest BCUT2D eigenvalue weighted by Gasteiger charge is 2.06. The predicted molar refractivity (Wildman–Crippen MR) is 55.6 cm³/mol. The first-order valence-electron chi connectivity index (χ1n) is 4.20. The third-order valence-corrected chi connectivity index (χ3v) is 2.42. The molecule has 14 heavy (non-hydrogen) atoms. The maximum absolute atomic E-state index is 9.26. The summed E-state index contributed by atoms with van der Waals surface area (Å²) in [7, 11) is 0. The fourth-order valence-electron chi connectivity index (χ4n) is 1.33. The maximum atomic E-state index is 9.26. The first kappa shape index (κ1) is 9.16. The molecule has 0 amide bonds. The van der Waals surface area contributed by atoms with Gasteiger partial charge in [-0.15, -0.1) is 0 Å². The monoisotopic (exact) mass is 208 g/mol. The molecule has 2 rings (SSSR count). The van der Waals surface area contributed by atoms with Crippen LogP contribution in [0.4, 0.5) is 0 Å². The molecule has 0 saturated heterocycles. The Morgan fingerprint density at radius 2 is 2.07 bits per heavy atom. The standard InChI is InChI=1S/C11H9ClO2/c1-7-5-14-6-9(7)8-2-3-11(13)10(12)4-8/h2-6,13H,1H3. The van der Waals surface area contributed by atoms with Crippen LogP contribution in [0, 0.1) is 6.92 Å². The summed E-state index contributed by atoms with van der Waals surface area (Å²) in [5.41, 5.74) is 2.98. The lowest BCUT2D eigenvalue weighted by molar-refractivity contribution is 0.475. The number of halogens is 1. The molecule has 3 heteroatoms. The van der Waals surface area contributed by atoms with Crippen LogP contribution in [0.2, 0.25) is 5.02 Å². The lowest BCUT2D eigenvalue weighted by Crippen LogP contribution is -1.77. The molecule has 0 aliphatic rings. The smallest absolute Gasteiger partial charge is 0.134 e. The quantitative estimate of drug-likeness (QED) is 0.777. The minimum Gasteiger partial charge on any atom is -0.506 e. The molecule has 2 aromatic rings. The van der Waals surface area contributed by atoms with Crippen molar-refractivity contribution in [1.82, 2.24) is 0 Å². The van der Waals surface area contributed by atoms with Crippen molar-refractivity contribution >= 4 is 11.6 Å². The van der Waals surface area contributed by atoms with E-state index in [1.807, 2.05) is 6.92 Å². The van der Waals surface area contributed by atoms with Crippen LogP contribution >= 0.6 is 11.6 Å². The van der Waals surface area contributed by atoms with Crippen LogP contribution in [0.3, 0.4) is 0 Å². The molecule has 1 aromatic heterocycles. The molecular weight excluding hydrogens is 200 g/mol. The molecule has 2 nitrogen and oxygen atoms in total. The van der Waals surface area contributed by atoms with Crippen molar-refractivity contribution in [3.63, 3.8) is 0 Å². The van der Waals surface area contributed by atoms with Gasteiger partial charge in [0.1, 0.15) is 5.75 Å². The Labute approximate surface area is 86.7 Å². The van der Waals surface area contributed by atoms with Crippen LogP contribution in [0.5, 0.6) is 5.75 Å². The Balaban J connectivity index is 2.53. The third-order valence-electron chi connectivity index (χ3n) is 2.11. The molecule has 1 aromatic carbocycles. The molecule has 0 atom stereocenters. The lowest BCUT2D eigenvalue weighted by atomic mass is 10.1. The van der Waals surface area contributed by atoms with Gasteiger partial charge in [0.25, 0.3) is 0 Å². The van der Waals surface area contributed by atoms with Gasteiger partial charge < -0.3 is 9.52 Å². The van der Waals surface area contributed by atoms with E-state index in [1.165, 1.54) is 0 Å². The second-order valence-electron chi connectivity index (χ2n) is 3.13. The SMILES string of the molecule is Cc1cocc1-c1ccc(O)c(Cl)c1. The Morgan fingerprint density at radius 1 is 1.29 bits per heavy atom. The van der Waals surface area contributed by atoms with Crippen LogP contribution in [0.15, 0.2) is 35.1 Å². The number of phenols is 1. The highest BCUT2D eigenvalue weighted by atomic mass is 35.5. The van der Waals surface area contributed by atoms with E-state index in [-0.39, 0.29) is 5.75 Å². The van der Waals surface area contributed by atoms with Crippen molar-refractivity contribution in [3.8, 4) is 16.9 Å². The maximum Gasteiger partial charge on any atom is 0.134 e. The average molecular weight is 209 g/mol. The van der Waals surface area contributed by atoms with Gasteiger partial charge in [0.05, 0.1) is 17.5 Å². The van der Waals surface area contributed by atoms with E-state index in [1.54, 1.807) is 30.7 Å². The molecule has 0 saturated carbocycles. The fraction of sp³-hybridized carbons (Fsp3) is 0.0909. The zero-order chi connectivity index (χ0) is 10.1. The number of hydrogen-bond acceptors (Lipinski definition) is 2. The fourth-order valence-corrected chi connectivity index (χ4v) is 1.51. The normalized spacial score (nSPS) is 10.4. The number of benzene rings is 1. The van der Waals surface area contributed by atoms with Gasteiger partial charge in [-0.25, -0.2) is 0 Å². The average Bonchev–Trinajstić information content (AvgIpc) is 2.57. The summed E-state index contributed by atoms with van der Waals surface area (Å²) in [4.78, 5) is 0. The summed E-state index contributed by atoms with van der Waals surface area (Å²) in [6.45, 7) is 1.96. The third kappa shape index (κ3) is 1.49. The number of rotatable bonds is 1. The van der Waals surface area contributed by atoms with Gasteiger partial charge >= 0.3 is 0 Å². The van der Waals surface area contributed by atoms with Gasteiger partial charge in [-0.1, -0.05) is 17.7 Å². The molecule has 1 heterocycles.